The lowest BCUT2D eigenvalue weighted by atomic mass is 9.94. The van der Waals surface area contributed by atoms with Gasteiger partial charge in [-0.2, -0.15) is 0 Å². The van der Waals surface area contributed by atoms with E-state index in [0.29, 0.717) is 6.42 Å². The Balaban J connectivity index is 2.00. The second kappa shape index (κ2) is 4.59. The van der Waals surface area contributed by atoms with E-state index in [0.717, 1.165) is 22.2 Å². The molecule has 0 spiro atoms. The Hall–Kier alpha value is -2.43. The topological polar surface area (TPSA) is 60.8 Å². The Morgan fingerprint density at radius 3 is 3.00 bits per heavy atom. The van der Waals surface area contributed by atoms with E-state index in [1.165, 1.54) is 7.11 Å². The molecule has 2 aromatic rings. The predicted octanol–water partition coefficient (Wildman–Crippen LogP) is 2.29. The van der Waals surface area contributed by atoms with Crippen molar-refractivity contribution in [3.63, 3.8) is 0 Å². The second-order valence-electron chi connectivity index (χ2n) is 4.90. The largest absolute Gasteiger partial charge is 0.466 e. The highest BCUT2D eigenvalue weighted by Gasteiger charge is 2.43. The van der Waals surface area contributed by atoms with Gasteiger partial charge in [-0.05, 0) is 19.1 Å². The van der Waals surface area contributed by atoms with Gasteiger partial charge in [-0.1, -0.05) is 23.4 Å². The maximum Gasteiger partial charge on any atom is 0.353 e. The Morgan fingerprint density at radius 2 is 2.20 bits per heavy atom. The average Bonchev–Trinajstić information content (AvgIpc) is 2.89. The van der Waals surface area contributed by atoms with Gasteiger partial charge in [-0.3, -0.25) is 4.98 Å². The van der Waals surface area contributed by atoms with E-state index in [4.69, 9.17) is 9.57 Å². The van der Waals surface area contributed by atoms with Crippen LogP contribution in [0.4, 0.5) is 0 Å². The van der Waals surface area contributed by atoms with E-state index in [1.807, 2.05) is 30.3 Å². The molecule has 20 heavy (non-hydrogen) atoms. The number of methoxy groups -OCH3 is 1. The first-order valence-electron chi connectivity index (χ1n) is 6.32. The number of hydrogen-bond acceptors (Lipinski definition) is 5. The predicted molar refractivity (Wildman–Crippen MR) is 74.4 cm³/mol. The van der Waals surface area contributed by atoms with Crippen LogP contribution in [0.5, 0.6) is 0 Å². The van der Waals surface area contributed by atoms with Gasteiger partial charge in [0.15, 0.2) is 0 Å². The van der Waals surface area contributed by atoms with Gasteiger partial charge in [-0.15, -0.1) is 0 Å². The van der Waals surface area contributed by atoms with Crippen LogP contribution in [0.3, 0.4) is 0 Å². The van der Waals surface area contributed by atoms with Crippen molar-refractivity contribution in [2.75, 3.05) is 7.11 Å². The highest BCUT2D eigenvalue weighted by atomic mass is 16.7. The molecule has 5 nitrogen and oxygen atoms in total. The number of oxime groups is 1. The number of fused-ring (bicyclic) bond motifs is 1. The lowest BCUT2D eigenvalue weighted by molar-refractivity contribution is -0.164. The van der Waals surface area contributed by atoms with Crippen molar-refractivity contribution in [1.82, 2.24) is 4.98 Å². The molecule has 1 unspecified atom stereocenters. The summed E-state index contributed by atoms with van der Waals surface area (Å²) < 4.78 is 4.76. The lowest BCUT2D eigenvalue weighted by Gasteiger charge is -2.17. The van der Waals surface area contributed by atoms with Gasteiger partial charge in [0, 0.05) is 23.6 Å². The van der Waals surface area contributed by atoms with Crippen LogP contribution < -0.4 is 0 Å². The highest BCUT2D eigenvalue weighted by molar-refractivity contribution is 6.12. The fraction of sp³-hybridized carbons (Fsp3) is 0.267. The SMILES string of the molecule is COC(=O)C1(C)CC(c2cccc3ncccc23)=NO1. The number of benzene rings is 1. The summed E-state index contributed by atoms with van der Waals surface area (Å²) >= 11 is 0. The molecule has 0 bridgehead atoms. The molecule has 0 fully saturated rings. The standard InChI is InChI=1S/C15H14N2O3/c1-15(14(18)19-2)9-13(17-20-15)11-5-3-7-12-10(11)6-4-8-16-12/h3-8H,9H2,1-2H3. The fourth-order valence-electron chi connectivity index (χ4n) is 2.36. The summed E-state index contributed by atoms with van der Waals surface area (Å²) in [7, 11) is 1.34. The lowest BCUT2D eigenvalue weighted by Crippen LogP contribution is -2.36. The molecular formula is C15H14N2O3. The van der Waals surface area contributed by atoms with Crippen molar-refractivity contribution in [2.45, 2.75) is 18.9 Å². The minimum absolute atomic E-state index is 0.383. The van der Waals surface area contributed by atoms with Crippen LogP contribution in [0, 0.1) is 0 Å². The first-order valence-corrected chi connectivity index (χ1v) is 6.32. The van der Waals surface area contributed by atoms with Gasteiger partial charge in [0.2, 0.25) is 5.60 Å². The Labute approximate surface area is 116 Å². The molecule has 0 aliphatic carbocycles. The normalized spacial score (nSPS) is 21.4. The molecule has 0 amide bonds. The van der Waals surface area contributed by atoms with Gasteiger partial charge in [0.25, 0.3) is 0 Å². The van der Waals surface area contributed by atoms with E-state index in [2.05, 4.69) is 10.1 Å². The second-order valence-corrected chi connectivity index (χ2v) is 4.90. The highest BCUT2D eigenvalue weighted by Crippen LogP contribution is 2.30. The van der Waals surface area contributed by atoms with Gasteiger partial charge in [0.05, 0.1) is 18.3 Å². The third-order valence-electron chi connectivity index (χ3n) is 3.44. The smallest absolute Gasteiger partial charge is 0.353 e. The zero-order valence-electron chi connectivity index (χ0n) is 11.3. The summed E-state index contributed by atoms with van der Waals surface area (Å²) in [6, 6.07) is 9.67. The molecular weight excluding hydrogens is 256 g/mol. The molecule has 0 N–H and O–H groups in total. The molecule has 0 saturated heterocycles. The first kappa shape index (κ1) is 12.6. The van der Waals surface area contributed by atoms with Crippen molar-refractivity contribution in [2.24, 2.45) is 5.16 Å². The minimum Gasteiger partial charge on any atom is -0.466 e. The zero-order chi connectivity index (χ0) is 14.2. The van der Waals surface area contributed by atoms with Crippen LogP contribution in [-0.2, 0) is 14.4 Å². The van der Waals surface area contributed by atoms with Crippen LogP contribution >= 0.6 is 0 Å². The molecule has 3 rings (SSSR count). The first-order chi connectivity index (χ1) is 9.64. The molecule has 2 heterocycles. The van der Waals surface area contributed by atoms with Crippen molar-refractivity contribution < 1.29 is 14.4 Å². The molecule has 5 heteroatoms. The monoisotopic (exact) mass is 270 g/mol. The average molecular weight is 270 g/mol. The summed E-state index contributed by atoms with van der Waals surface area (Å²) in [5.74, 6) is -0.422. The van der Waals surface area contributed by atoms with Crippen molar-refractivity contribution >= 4 is 22.6 Å². The van der Waals surface area contributed by atoms with Crippen molar-refractivity contribution in [3.05, 3.63) is 42.1 Å². The number of hydrogen-bond donors (Lipinski definition) is 0. The molecule has 1 aliphatic heterocycles. The molecule has 1 aromatic carbocycles. The summed E-state index contributed by atoms with van der Waals surface area (Å²) in [6.45, 7) is 1.68. The molecule has 0 radical (unpaired) electrons. The molecule has 1 atom stereocenters. The third-order valence-corrected chi connectivity index (χ3v) is 3.44. The number of aromatic nitrogens is 1. The number of pyridine rings is 1. The van der Waals surface area contributed by atoms with E-state index in [9.17, 15) is 4.79 Å². The van der Waals surface area contributed by atoms with Crippen LogP contribution in [0.2, 0.25) is 0 Å². The fourth-order valence-corrected chi connectivity index (χ4v) is 2.36. The molecule has 0 saturated carbocycles. The maximum absolute atomic E-state index is 11.7. The van der Waals surface area contributed by atoms with Gasteiger partial charge >= 0.3 is 5.97 Å². The number of carbonyl (C=O) groups is 1. The number of esters is 1. The Bertz CT molecular complexity index is 706. The van der Waals surface area contributed by atoms with Gasteiger partial charge in [-0.25, -0.2) is 4.79 Å². The number of ether oxygens (including phenoxy) is 1. The van der Waals surface area contributed by atoms with Gasteiger partial charge < -0.3 is 9.57 Å². The zero-order valence-corrected chi connectivity index (χ0v) is 11.3. The summed E-state index contributed by atoms with van der Waals surface area (Å²) in [4.78, 5) is 21.4. The van der Waals surface area contributed by atoms with Crippen molar-refractivity contribution in [3.8, 4) is 0 Å². The van der Waals surface area contributed by atoms with Gasteiger partial charge in [0.1, 0.15) is 0 Å². The Morgan fingerprint density at radius 1 is 1.35 bits per heavy atom. The van der Waals surface area contributed by atoms with Crippen molar-refractivity contribution in [1.29, 1.82) is 0 Å². The summed E-state index contributed by atoms with van der Waals surface area (Å²) in [5.41, 5.74) is 1.51. The van der Waals surface area contributed by atoms with E-state index < -0.39 is 11.6 Å². The van der Waals surface area contributed by atoms with Crippen LogP contribution in [-0.4, -0.2) is 29.4 Å². The molecule has 1 aliphatic rings. The number of carbonyl (C=O) groups excluding carboxylic acids is 1. The van der Waals surface area contributed by atoms with Crippen LogP contribution in [0.25, 0.3) is 10.9 Å². The molecule has 102 valence electrons. The van der Waals surface area contributed by atoms with Crippen LogP contribution in [0.15, 0.2) is 41.7 Å². The van der Waals surface area contributed by atoms with E-state index >= 15 is 0 Å². The maximum atomic E-state index is 11.7. The summed E-state index contributed by atoms with van der Waals surface area (Å²) in [5, 5.41) is 5.06. The number of rotatable bonds is 2. The minimum atomic E-state index is -1.05. The Kier molecular flexibility index (Phi) is 2.89. The van der Waals surface area contributed by atoms with E-state index in [-0.39, 0.29) is 0 Å². The quantitative estimate of drug-likeness (QED) is 0.785. The summed E-state index contributed by atoms with van der Waals surface area (Å²) in [6.07, 6.45) is 2.13. The third kappa shape index (κ3) is 1.91. The molecule has 1 aromatic heterocycles. The van der Waals surface area contributed by atoms with Crippen LogP contribution in [0.1, 0.15) is 18.9 Å². The number of nitrogens with zero attached hydrogens (tertiary/aromatic N) is 2. The van der Waals surface area contributed by atoms with E-state index in [1.54, 1.807) is 13.1 Å².